The number of halogens is 3. The molecule has 0 aromatic heterocycles. The van der Waals surface area contributed by atoms with E-state index in [9.17, 15) is 18.0 Å². The molecular weight excluding hydrogens is 429 g/mol. The SMILES string of the molecule is C=C(/C(C)=C/C=C/C(C)=C/C(=O)O)c1c(OCCCCCCCCC)cccc1C(F)(F)F. The normalized spacial score (nSPS) is 12.9. The van der Waals surface area contributed by atoms with E-state index in [0.29, 0.717) is 17.8 Å². The molecule has 0 saturated carbocycles. The molecular formula is C27H35F3O3. The van der Waals surface area contributed by atoms with Crippen LogP contribution in [0.2, 0.25) is 0 Å². The van der Waals surface area contributed by atoms with Crippen molar-refractivity contribution in [2.45, 2.75) is 71.9 Å². The van der Waals surface area contributed by atoms with Gasteiger partial charge in [-0.25, -0.2) is 4.79 Å². The molecule has 0 spiro atoms. The number of unbranched alkanes of at least 4 members (excludes halogenated alkanes) is 6. The summed E-state index contributed by atoms with van der Waals surface area (Å²) in [6, 6.07) is 3.92. The number of aliphatic carboxylic acids is 1. The van der Waals surface area contributed by atoms with Gasteiger partial charge in [0.25, 0.3) is 0 Å². The molecule has 0 unspecified atom stereocenters. The first-order chi connectivity index (χ1) is 15.6. The molecule has 1 aromatic carbocycles. The van der Waals surface area contributed by atoms with Gasteiger partial charge >= 0.3 is 12.1 Å². The highest BCUT2D eigenvalue weighted by Crippen LogP contribution is 2.41. The van der Waals surface area contributed by atoms with E-state index < -0.39 is 17.7 Å². The standard InChI is InChI=1S/C27H35F3O3/c1-5-6-7-8-9-10-11-18-33-24-17-13-16-23(27(28,29)30)26(24)22(4)21(3)15-12-14-20(2)19-25(31)32/h12-17,19H,4-11,18H2,1-3H3,(H,31,32)/b14-12+,20-19+,21-15+. The lowest BCUT2D eigenvalue weighted by Gasteiger charge is -2.19. The Kier molecular flexibility index (Phi) is 12.3. The molecule has 0 amide bonds. The third-order valence-electron chi connectivity index (χ3n) is 5.17. The molecule has 0 radical (unpaired) electrons. The Bertz CT molecular complexity index is 877. The fourth-order valence-corrected chi connectivity index (χ4v) is 3.33. The summed E-state index contributed by atoms with van der Waals surface area (Å²) in [5.74, 6) is -0.899. The van der Waals surface area contributed by atoms with Gasteiger partial charge in [-0.05, 0) is 49.1 Å². The van der Waals surface area contributed by atoms with Crippen LogP contribution in [-0.2, 0) is 11.0 Å². The minimum absolute atomic E-state index is 0.0621. The van der Waals surface area contributed by atoms with Crippen LogP contribution in [0.5, 0.6) is 5.75 Å². The van der Waals surface area contributed by atoms with Crippen LogP contribution in [0.4, 0.5) is 13.2 Å². The first-order valence-electron chi connectivity index (χ1n) is 11.4. The van der Waals surface area contributed by atoms with Crippen LogP contribution in [0.1, 0.15) is 76.8 Å². The van der Waals surface area contributed by atoms with Crippen LogP contribution in [-0.4, -0.2) is 17.7 Å². The highest BCUT2D eigenvalue weighted by atomic mass is 19.4. The van der Waals surface area contributed by atoms with E-state index in [-0.39, 0.29) is 16.9 Å². The van der Waals surface area contributed by atoms with E-state index >= 15 is 0 Å². The predicted molar refractivity (Wildman–Crippen MR) is 128 cm³/mol. The van der Waals surface area contributed by atoms with E-state index in [0.717, 1.165) is 37.8 Å². The lowest BCUT2D eigenvalue weighted by Crippen LogP contribution is -2.11. The van der Waals surface area contributed by atoms with Crippen LogP contribution < -0.4 is 4.74 Å². The summed E-state index contributed by atoms with van der Waals surface area (Å²) in [6.45, 7) is 9.70. The molecule has 182 valence electrons. The van der Waals surface area contributed by atoms with Gasteiger partial charge in [0.2, 0.25) is 0 Å². The zero-order valence-electron chi connectivity index (χ0n) is 19.8. The van der Waals surface area contributed by atoms with Crippen LogP contribution in [0, 0.1) is 0 Å². The Morgan fingerprint density at radius 2 is 1.73 bits per heavy atom. The molecule has 0 fully saturated rings. The van der Waals surface area contributed by atoms with E-state index in [1.54, 1.807) is 38.1 Å². The van der Waals surface area contributed by atoms with E-state index in [1.807, 2.05) is 0 Å². The van der Waals surface area contributed by atoms with Crippen LogP contribution in [0.3, 0.4) is 0 Å². The third kappa shape index (κ3) is 10.6. The van der Waals surface area contributed by atoms with Crippen molar-refractivity contribution in [1.29, 1.82) is 0 Å². The molecule has 1 N–H and O–H groups in total. The lowest BCUT2D eigenvalue weighted by molar-refractivity contribution is -0.138. The summed E-state index contributed by atoms with van der Waals surface area (Å²) in [5.41, 5.74) is 0.386. The van der Waals surface area contributed by atoms with Crippen molar-refractivity contribution in [2.75, 3.05) is 6.61 Å². The third-order valence-corrected chi connectivity index (χ3v) is 5.17. The molecule has 6 heteroatoms. The number of carbonyl (C=O) groups is 1. The van der Waals surface area contributed by atoms with Gasteiger partial charge in [0.05, 0.1) is 12.2 Å². The second-order valence-corrected chi connectivity index (χ2v) is 8.06. The van der Waals surface area contributed by atoms with Gasteiger partial charge in [-0.1, -0.05) is 76.3 Å². The Hall–Kier alpha value is -2.76. The predicted octanol–water partition coefficient (Wildman–Crippen LogP) is 8.38. The minimum Gasteiger partial charge on any atom is -0.493 e. The molecule has 0 heterocycles. The van der Waals surface area contributed by atoms with Gasteiger partial charge < -0.3 is 9.84 Å². The average Bonchev–Trinajstić information content (AvgIpc) is 2.73. The highest BCUT2D eigenvalue weighted by molar-refractivity contribution is 5.83. The maximum absolute atomic E-state index is 13.7. The summed E-state index contributed by atoms with van der Waals surface area (Å²) in [6.07, 6.45) is 8.90. The quantitative estimate of drug-likeness (QED) is 0.171. The van der Waals surface area contributed by atoms with Gasteiger partial charge in [0.1, 0.15) is 5.75 Å². The highest BCUT2D eigenvalue weighted by Gasteiger charge is 2.35. The van der Waals surface area contributed by atoms with Crippen LogP contribution >= 0.6 is 0 Å². The molecule has 0 aliphatic heterocycles. The molecule has 0 atom stereocenters. The first-order valence-corrected chi connectivity index (χ1v) is 11.4. The molecule has 3 nitrogen and oxygen atoms in total. The molecule has 0 aliphatic carbocycles. The van der Waals surface area contributed by atoms with Crippen molar-refractivity contribution in [3.8, 4) is 5.75 Å². The second kappa shape index (κ2) is 14.4. The number of carboxylic acid groups (broad SMARTS) is 1. The summed E-state index contributed by atoms with van der Waals surface area (Å²) in [5, 5.41) is 8.76. The number of alkyl halides is 3. The number of carboxylic acids is 1. The molecule has 0 aliphatic rings. The van der Waals surface area contributed by atoms with Crippen molar-refractivity contribution >= 4 is 11.5 Å². The Labute approximate surface area is 195 Å². The van der Waals surface area contributed by atoms with Gasteiger partial charge in [-0.2, -0.15) is 13.2 Å². The van der Waals surface area contributed by atoms with Gasteiger partial charge in [-0.15, -0.1) is 0 Å². The van der Waals surface area contributed by atoms with Crippen molar-refractivity contribution in [3.63, 3.8) is 0 Å². The molecule has 1 aromatic rings. The molecule has 0 bridgehead atoms. The summed E-state index contributed by atoms with van der Waals surface area (Å²) in [4.78, 5) is 10.7. The molecule has 0 saturated heterocycles. The topological polar surface area (TPSA) is 46.5 Å². The fourth-order valence-electron chi connectivity index (χ4n) is 3.33. The smallest absolute Gasteiger partial charge is 0.417 e. The molecule has 33 heavy (non-hydrogen) atoms. The van der Waals surface area contributed by atoms with Gasteiger partial charge in [0.15, 0.2) is 0 Å². The molecule has 1 rings (SSSR count). The lowest BCUT2D eigenvalue weighted by atomic mass is 9.94. The average molecular weight is 465 g/mol. The summed E-state index contributed by atoms with van der Waals surface area (Å²) >= 11 is 0. The van der Waals surface area contributed by atoms with E-state index in [2.05, 4.69) is 13.5 Å². The maximum atomic E-state index is 13.7. The fraction of sp³-hybridized carbons (Fsp3) is 0.444. The van der Waals surface area contributed by atoms with Crippen molar-refractivity contribution in [1.82, 2.24) is 0 Å². The van der Waals surface area contributed by atoms with Crippen molar-refractivity contribution in [2.24, 2.45) is 0 Å². The van der Waals surface area contributed by atoms with E-state index in [4.69, 9.17) is 9.84 Å². The number of allylic oxidation sites excluding steroid dienone is 6. The Balaban J connectivity index is 3.00. The summed E-state index contributed by atoms with van der Waals surface area (Å²) < 4.78 is 47.0. The maximum Gasteiger partial charge on any atom is 0.417 e. The zero-order chi connectivity index (χ0) is 24.9. The van der Waals surface area contributed by atoms with Gasteiger partial charge in [0, 0.05) is 11.6 Å². The minimum atomic E-state index is -4.55. The monoisotopic (exact) mass is 464 g/mol. The van der Waals surface area contributed by atoms with Crippen molar-refractivity contribution < 1.29 is 27.8 Å². The largest absolute Gasteiger partial charge is 0.493 e. The van der Waals surface area contributed by atoms with Gasteiger partial charge in [-0.3, -0.25) is 0 Å². The van der Waals surface area contributed by atoms with Crippen LogP contribution in [0.15, 0.2) is 60.2 Å². The Morgan fingerprint density at radius 3 is 2.33 bits per heavy atom. The zero-order valence-corrected chi connectivity index (χ0v) is 19.8. The van der Waals surface area contributed by atoms with E-state index in [1.165, 1.54) is 25.3 Å². The summed E-state index contributed by atoms with van der Waals surface area (Å²) in [7, 11) is 0. The first kappa shape index (κ1) is 28.3. The Morgan fingerprint density at radius 1 is 1.09 bits per heavy atom. The second-order valence-electron chi connectivity index (χ2n) is 8.06. The number of rotatable bonds is 14. The van der Waals surface area contributed by atoms with Crippen molar-refractivity contribution in [3.05, 3.63) is 71.4 Å². The number of hydrogen-bond acceptors (Lipinski definition) is 2. The number of ether oxygens (including phenoxy) is 1. The number of benzene rings is 1. The van der Waals surface area contributed by atoms with Crippen LogP contribution in [0.25, 0.3) is 5.57 Å². The number of hydrogen-bond donors (Lipinski definition) is 1.